The molecule has 0 radical (unpaired) electrons. The summed E-state index contributed by atoms with van der Waals surface area (Å²) in [6.45, 7) is 4.11. The zero-order chi connectivity index (χ0) is 24.0. The normalized spacial score (nSPS) is 15.6. The first kappa shape index (κ1) is 22.6. The van der Waals surface area contributed by atoms with E-state index < -0.39 is 0 Å². The number of oxazole rings is 1. The van der Waals surface area contributed by atoms with E-state index >= 15 is 0 Å². The minimum atomic E-state index is -0.0655. The van der Waals surface area contributed by atoms with Crippen molar-refractivity contribution in [2.75, 3.05) is 23.3 Å². The van der Waals surface area contributed by atoms with Crippen molar-refractivity contribution < 1.29 is 9.21 Å². The number of hydrogen-bond donors (Lipinski definition) is 2. The van der Waals surface area contributed by atoms with Gasteiger partial charge in [0.15, 0.2) is 12.2 Å². The first-order chi connectivity index (χ1) is 17.1. The van der Waals surface area contributed by atoms with Crippen molar-refractivity contribution in [1.82, 2.24) is 20.3 Å². The molecule has 2 aromatic heterocycles. The number of piperidine rings is 1. The van der Waals surface area contributed by atoms with Crippen LogP contribution in [-0.4, -0.2) is 33.9 Å². The molecule has 0 unspecified atom stereocenters. The highest BCUT2D eigenvalue weighted by Crippen LogP contribution is 2.25. The van der Waals surface area contributed by atoms with Gasteiger partial charge in [-0.25, -0.2) is 9.97 Å². The summed E-state index contributed by atoms with van der Waals surface area (Å²) in [6, 6.07) is 17.9. The maximum absolute atomic E-state index is 12.8. The van der Waals surface area contributed by atoms with Crippen LogP contribution in [0.3, 0.4) is 0 Å². The van der Waals surface area contributed by atoms with Gasteiger partial charge in [-0.2, -0.15) is 4.98 Å². The van der Waals surface area contributed by atoms with Crippen LogP contribution in [0.15, 0.2) is 77.8 Å². The number of carbonyl (C=O) groups is 1. The van der Waals surface area contributed by atoms with Crippen LogP contribution < -0.4 is 15.5 Å². The lowest BCUT2D eigenvalue weighted by atomic mass is 9.97. The zero-order valence-corrected chi connectivity index (χ0v) is 19.6. The predicted octanol–water partition coefficient (Wildman–Crippen LogP) is 4.72. The van der Waals surface area contributed by atoms with Gasteiger partial charge in [0.2, 0.25) is 11.9 Å². The summed E-state index contributed by atoms with van der Waals surface area (Å²) < 4.78 is 5.34. The molecule has 0 spiro atoms. The predicted molar refractivity (Wildman–Crippen MR) is 135 cm³/mol. The molecule has 4 aromatic rings. The van der Waals surface area contributed by atoms with E-state index in [9.17, 15) is 4.79 Å². The van der Waals surface area contributed by atoms with Gasteiger partial charge in [-0.05, 0) is 55.7 Å². The van der Waals surface area contributed by atoms with Gasteiger partial charge in [0, 0.05) is 37.1 Å². The molecule has 1 amide bonds. The van der Waals surface area contributed by atoms with Gasteiger partial charge in [-0.1, -0.05) is 29.8 Å². The third-order valence-corrected chi connectivity index (χ3v) is 6.20. The fourth-order valence-electron chi connectivity index (χ4n) is 4.23. The molecule has 178 valence electrons. The molecule has 5 rings (SSSR count). The summed E-state index contributed by atoms with van der Waals surface area (Å²) in [7, 11) is 0. The van der Waals surface area contributed by atoms with E-state index in [-0.39, 0.29) is 11.8 Å². The van der Waals surface area contributed by atoms with E-state index in [4.69, 9.17) is 9.40 Å². The Labute approximate surface area is 204 Å². The summed E-state index contributed by atoms with van der Waals surface area (Å²) in [5.41, 5.74) is 4.14. The van der Waals surface area contributed by atoms with E-state index in [2.05, 4.69) is 56.7 Å². The van der Waals surface area contributed by atoms with Crippen LogP contribution in [0.4, 0.5) is 17.5 Å². The Bertz CT molecular complexity index is 1260. The number of amides is 1. The van der Waals surface area contributed by atoms with E-state index in [0.29, 0.717) is 19.0 Å². The smallest absolute Gasteiger partial charge is 0.229 e. The molecule has 8 heteroatoms. The maximum atomic E-state index is 12.8. The minimum Gasteiger partial charge on any atom is -0.444 e. The molecule has 1 aliphatic heterocycles. The van der Waals surface area contributed by atoms with Gasteiger partial charge >= 0.3 is 0 Å². The maximum Gasteiger partial charge on any atom is 0.229 e. The second kappa shape index (κ2) is 10.4. The lowest BCUT2D eigenvalue weighted by molar-refractivity contribution is -0.125. The van der Waals surface area contributed by atoms with Crippen molar-refractivity contribution in [2.45, 2.75) is 26.3 Å². The summed E-state index contributed by atoms with van der Waals surface area (Å²) >= 11 is 0. The van der Waals surface area contributed by atoms with Crippen LogP contribution in [0.2, 0.25) is 0 Å². The quantitative estimate of drug-likeness (QED) is 0.405. The van der Waals surface area contributed by atoms with Crippen molar-refractivity contribution in [3.8, 4) is 11.3 Å². The molecule has 3 heterocycles. The summed E-state index contributed by atoms with van der Waals surface area (Å²) in [5, 5.41) is 6.36. The monoisotopic (exact) mass is 468 g/mol. The minimum absolute atomic E-state index is 0.0655. The largest absolute Gasteiger partial charge is 0.444 e. The van der Waals surface area contributed by atoms with Crippen LogP contribution in [0, 0.1) is 12.8 Å². The van der Waals surface area contributed by atoms with Crippen molar-refractivity contribution in [1.29, 1.82) is 0 Å². The molecule has 2 aromatic carbocycles. The van der Waals surface area contributed by atoms with Crippen molar-refractivity contribution >= 4 is 23.4 Å². The third-order valence-electron chi connectivity index (χ3n) is 6.20. The second-order valence-electron chi connectivity index (χ2n) is 8.80. The summed E-state index contributed by atoms with van der Waals surface area (Å²) in [6.07, 6.45) is 6.67. The molecular formula is C27H28N6O2. The standard InChI is InChI=1S/C27H28N6O2/c1-19-4-6-20(7-5-19)15-30-26(34)22-3-2-14-33(17-22)25-12-13-29-27(32-25)31-23-10-8-21(9-11-23)24-16-28-18-35-24/h4-13,16,18,22H,2-3,14-15,17H2,1H3,(H,30,34)(H,29,31,32)/t22-/m0/s1. The molecule has 0 aliphatic carbocycles. The fraction of sp³-hybridized carbons (Fsp3) is 0.259. The molecular weight excluding hydrogens is 440 g/mol. The van der Waals surface area contributed by atoms with E-state index in [1.807, 2.05) is 30.3 Å². The highest BCUT2D eigenvalue weighted by atomic mass is 16.3. The lowest BCUT2D eigenvalue weighted by Crippen LogP contribution is -2.43. The Morgan fingerprint density at radius 2 is 1.94 bits per heavy atom. The number of anilines is 3. The average molecular weight is 469 g/mol. The number of aromatic nitrogens is 3. The van der Waals surface area contributed by atoms with Crippen molar-refractivity contribution in [3.63, 3.8) is 0 Å². The van der Waals surface area contributed by atoms with Crippen molar-refractivity contribution in [2.24, 2.45) is 5.92 Å². The Morgan fingerprint density at radius 1 is 1.11 bits per heavy atom. The molecule has 0 bridgehead atoms. The summed E-state index contributed by atoms with van der Waals surface area (Å²) in [5.74, 6) is 2.08. The van der Waals surface area contributed by atoms with Gasteiger partial charge in [0.1, 0.15) is 5.82 Å². The summed E-state index contributed by atoms with van der Waals surface area (Å²) in [4.78, 5) is 28.0. The number of carbonyl (C=O) groups excluding carboxylic acids is 1. The number of benzene rings is 2. The van der Waals surface area contributed by atoms with E-state index in [1.165, 1.54) is 12.0 Å². The highest BCUT2D eigenvalue weighted by Gasteiger charge is 2.26. The molecule has 0 saturated carbocycles. The van der Waals surface area contributed by atoms with Gasteiger partial charge < -0.3 is 20.0 Å². The molecule has 2 N–H and O–H groups in total. The Kier molecular flexibility index (Phi) is 6.70. The van der Waals surface area contributed by atoms with Gasteiger partial charge in [0.25, 0.3) is 0 Å². The zero-order valence-electron chi connectivity index (χ0n) is 19.6. The lowest BCUT2D eigenvalue weighted by Gasteiger charge is -2.33. The molecule has 35 heavy (non-hydrogen) atoms. The second-order valence-corrected chi connectivity index (χ2v) is 8.80. The van der Waals surface area contributed by atoms with Crippen LogP contribution in [0.5, 0.6) is 0 Å². The number of rotatable bonds is 7. The average Bonchev–Trinajstić information content (AvgIpc) is 3.44. The Balaban J connectivity index is 1.20. The SMILES string of the molecule is Cc1ccc(CNC(=O)[C@H]2CCCN(c3ccnc(Nc4ccc(-c5cnco5)cc4)n3)C2)cc1. The van der Waals surface area contributed by atoms with Gasteiger partial charge in [-0.3, -0.25) is 4.79 Å². The van der Waals surface area contributed by atoms with Crippen LogP contribution in [0.1, 0.15) is 24.0 Å². The topological polar surface area (TPSA) is 96.2 Å². The van der Waals surface area contributed by atoms with Gasteiger partial charge in [-0.15, -0.1) is 0 Å². The first-order valence-electron chi connectivity index (χ1n) is 11.8. The number of aryl methyl sites for hydroxylation is 1. The van der Waals surface area contributed by atoms with E-state index in [1.54, 1.807) is 12.4 Å². The van der Waals surface area contributed by atoms with Crippen LogP contribution >= 0.6 is 0 Å². The molecule has 1 atom stereocenters. The molecule has 1 fully saturated rings. The molecule has 1 aliphatic rings. The Morgan fingerprint density at radius 3 is 2.71 bits per heavy atom. The van der Waals surface area contributed by atoms with Crippen LogP contribution in [0.25, 0.3) is 11.3 Å². The number of hydrogen-bond acceptors (Lipinski definition) is 7. The Hall–Kier alpha value is -4.20. The van der Waals surface area contributed by atoms with Crippen LogP contribution in [-0.2, 0) is 11.3 Å². The van der Waals surface area contributed by atoms with E-state index in [0.717, 1.165) is 47.8 Å². The third kappa shape index (κ3) is 5.66. The number of nitrogens with one attached hydrogen (secondary N) is 2. The van der Waals surface area contributed by atoms with Crippen molar-refractivity contribution in [3.05, 3.63) is 84.5 Å². The first-order valence-corrected chi connectivity index (χ1v) is 11.8. The number of nitrogens with zero attached hydrogens (tertiary/aromatic N) is 4. The van der Waals surface area contributed by atoms with Gasteiger partial charge in [0.05, 0.1) is 12.1 Å². The fourth-order valence-corrected chi connectivity index (χ4v) is 4.23. The molecule has 1 saturated heterocycles. The highest BCUT2D eigenvalue weighted by molar-refractivity contribution is 5.79. The molecule has 8 nitrogen and oxygen atoms in total.